The molecule has 1 aromatic carbocycles. The van der Waals surface area contributed by atoms with Crippen molar-refractivity contribution in [1.29, 1.82) is 0 Å². The highest BCUT2D eigenvalue weighted by Crippen LogP contribution is 2.38. The normalized spacial score (nSPS) is 16.1. The van der Waals surface area contributed by atoms with Crippen molar-refractivity contribution >= 4 is 17.5 Å². The Hall–Kier alpha value is -2.82. The predicted molar refractivity (Wildman–Crippen MR) is 100 cm³/mol. The summed E-state index contributed by atoms with van der Waals surface area (Å²) in [7, 11) is 0. The maximum atomic E-state index is 12.3. The Labute approximate surface area is 158 Å². The number of ether oxygens (including phenoxy) is 2. The van der Waals surface area contributed by atoms with Crippen LogP contribution < -0.4 is 10.1 Å². The highest BCUT2D eigenvalue weighted by Gasteiger charge is 2.36. The van der Waals surface area contributed by atoms with Gasteiger partial charge < -0.3 is 14.8 Å². The third kappa shape index (κ3) is 5.58. The van der Waals surface area contributed by atoms with Crippen molar-refractivity contribution < 1.29 is 19.2 Å². The Morgan fingerprint density at radius 3 is 2.56 bits per heavy atom. The number of nitro benzene ring substituents is 1. The Bertz CT molecular complexity index is 743. The fourth-order valence-electron chi connectivity index (χ4n) is 3.16. The van der Waals surface area contributed by atoms with Crippen LogP contribution in [0.4, 0.5) is 16.2 Å². The smallest absolute Gasteiger partial charge is 0.408 e. The topological polar surface area (TPSA) is 95.1 Å². The van der Waals surface area contributed by atoms with Crippen LogP contribution in [0.15, 0.2) is 18.2 Å². The van der Waals surface area contributed by atoms with Gasteiger partial charge in [-0.25, -0.2) is 9.64 Å². The molecule has 1 aliphatic carbocycles. The highest BCUT2D eigenvalue weighted by atomic mass is 16.6. The van der Waals surface area contributed by atoms with Crippen LogP contribution in [-0.2, 0) is 4.74 Å². The molecular weight excluding hydrogens is 350 g/mol. The van der Waals surface area contributed by atoms with Crippen molar-refractivity contribution in [2.24, 2.45) is 0 Å². The number of nitrogens with one attached hydrogen (secondary N) is 1. The number of carbonyl (C=O) groups excluding carboxylic acids is 1. The largest absolute Gasteiger partial charge is 0.502 e. The summed E-state index contributed by atoms with van der Waals surface area (Å²) in [5.41, 5.74) is -1.66. The molecule has 1 N–H and O–H groups in total. The molecule has 1 amide bonds. The molecule has 2 rings (SSSR count). The third-order valence-electron chi connectivity index (χ3n) is 4.37. The molecule has 146 valence electrons. The molecule has 0 bridgehead atoms. The molecular formula is C19H25N3O5. The van der Waals surface area contributed by atoms with Crippen molar-refractivity contribution in [2.45, 2.75) is 64.0 Å². The van der Waals surface area contributed by atoms with Crippen LogP contribution >= 0.6 is 0 Å². The van der Waals surface area contributed by atoms with Crippen molar-refractivity contribution in [2.75, 3.05) is 6.61 Å². The minimum Gasteiger partial charge on any atom is -0.502 e. The van der Waals surface area contributed by atoms with E-state index in [1.807, 2.05) is 0 Å². The van der Waals surface area contributed by atoms with Crippen molar-refractivity contribution in [1.82, 2.24) is 5.32 Å². The quantitative estimate of drug-likeness (QED) is 0.455. The predicted octanol–water partition coefficient (Wildman–Crippen LogP) is 4.75. The summed E-state index contributed by atoms with van der Waals surface area (Å²) < 4.78 is 11.2. The van der Waals surface area contributed by atoms with E-state index in [0.29, 0.717) is 12.8 Å². The SMILES string of the molecule is [C-]#[N+]c1c(OCC2(NC(=O)OC(C)(C)C)CCCCC2)cccc1[N+](=O)[O-]. The molecule has 8 nitrogen and oxygen atoms in total. The van der Waals surface area contributed by atoms with E-state index in [4.69, 9.17) is 16.0 Å². The van der Waals surface area contributed by atoms with E-state index in [0.717, 1.165) is 19.3 Å². The number of rotatable bonds is 5. The summed E-state index contributed by atoms with van der Waals surface area (Å²) in [5.74, 6) is 0.148. The van der Waals surface area contributed by atoms with Crippen LogP contribution in [0, 0.1) is 16.7 Å². The number of para-hydroxylation sites is 1. The zero-order valence-corrected chi connectivity index (χ0v) is 15.9. The second-order valence-electron chi connectivity index (χ2n) is 7.75. The summed E-state index contributed by atoms with van der Waals surface area (Å²) in [6.07, 6.45) is 3.86. The van der Waals surface area contributed by atoms with Gasteiger partial charge in [-0.1, -0.05) is 25.3 Å². The van der Waals surface area contributed by atoms with E-state index >= 15 is 0 Å². The van der Waals surface area contributed by atoms with E-state index in [9.17, 15) is 14.9 Å². The van der Waals surface area contributed by atoms with Gasteiger partial charge in [0.2, 0.25) is 0 Å². The van der Waals surface area contributed by atoms with Gasteiger partial charge in [0.1, 0.15) is 18.0 Å². The fraction of sp³-hybridized carbons (Fsp3) is 0.579. The number of benzene rings is 1. The summed E-state index contributed by atoms with van der Waals surface area (Å²) in [4.78, 5) is 26.1. The Morgan fingerprint density at radius 2 is 2.00 bits per heavy atom. The number of hydrogen-bond donors (Lipinski definition) is 1. The van der Waals surface area contributed by atoms with E-state index in [1.165, 1.54) is 18.2 Å². The minimum atomic E-state index is -0.621. The fourth-order valence-corrected chi connectivity index (χ4v) is 3.16. The van der Waals surface area contributed by atoms with E-state index in [2.05, 4.69) is 10.2 Å². The first kappa shape index (κ1) is 20.5. The molecule has 0 saturated heterocycles. The molecule has 8 heteroatoms. The molecule has 1 aliphatic rings. The van der Waals surface area contributed by atoms with Gasteiger partial charge in [0.05, 0.1) is 17.0 Å². The molecule has 0 spiro atoms. The lowest BCUT2D eigenvalue weighted by atomic mass is 9.82. The Kier molecular flexibility index (Phi) is 6.26. The number of nitro groups is 1. The Morgan fingerprint density at radius 1 is 1.33 bits per heavy atom. The molecule has 0 unspecified atom stereocenters. The lowest BCUT2D eigenvalue weighted by Gasteiger charge is -2.38. The van der Waals surface area contributed by atoms with Crippen molar-refractivity contribution in [3.05, 3.63) is 39.7 Å². The van der Waals surface area contributed by atoms with Crippen molar-refractivity contribution in [3.8, 4) is 5.75 Å². The first-order chi connectivity index (χ1) is 12.7. The van der Waals surface area contributed by atoms with E-state index < -0.39 is 22.2 Å². The van der Waals surface area contributed by atoms with Gasteiger partial charge >= 0.3 is 11.8 Å². The zero-order valence-electron chi connectivity index (χ0n) is 15.9. The van der Waals surface area contributed by atoms with Gasteiger partial charge in [-0.2, -0.15) is 0 Å². The van der Waals surface area contributed by atoms with Gasteiger partial charge in [-0.15, -0.1) is 0 Å². The van der Waals surface area contributed by atoms with Crippen LogP contribution in [0.25, 0.3) is 4.85 Å². The molecule has 0 heterocycles. The van der Waals surface area contributed by atoms with Gasteiger partial charge in [0.25, 0.3) is 5.69 Å². The summed E-state index contributed by atoms with van der Waals surface area (Å²) in [6.45, 7) is 12.8. The average molecular weight is 375 g/mol. The molecule has 1 saturated carbocycles. The van der Waals surface area contributed by atoms with Gasteiger partial charge in [0.15, 0.2) is 0 Å². The van der Waals surface area contributed by atoms with Crippen LogP contribution in [0.5, 0.6) is 5.75 Å². The van der Waals surface area contributed by atoms with E-state index in [-0.39, 0.29) is 23.7 Å². The molecule has 1 fully saturated rings. The van der Waals surface area contributed by atoms with Gasteiger partial charge in [0, 0.05) is 6.07 Å². The number of amides is 1. The highest BCUT2D eigenvalue weighted by molar-refractivity contribution is 5.71. The van der Waals surface area contributed by atoms with Crippen LogP contribution in [0.3, 0.4) is 0 Å². The summed E-state index contributed by atoms with van der Waals surface area (Å²) >= 11 is 0. The second-order valence-corrected chi connectivity index (χ2v) is 7.75. The van der Waals surface area contributed by atoms with Gasteiger partial charge in [-0.3, -0.25) is 10.1 Å². The van der Waals surface area contributed by atoms with Crippen LogP contribution in [0.2, 0.25) is 0 Å². The second kappa shape index (κ2) is 8.25. The number of hydrogen-bond acceptors (Lipinski definition) is 5. The molecule has 1 aromatic rings. The maximum absolute atomic E-state index is 12.3. The van der Waals surface area contributed by atoms with Crippen LogP contribution in [-0.4, -0.2) is 28.8 Å². The van der Waals surface area contributed by atoms with Gasteiger partial charge in [-0.05, 0) is 39.7 Å². The van der Waals surface area contributed by atoms with E-state index in [1.54, 1.807) is 20.8 Å². The van der Waals surface area contributed by atoms with Crippen molar-refractivity contribution in [3.63, 3.8) is 0 Å². The number of alkyl carbamates (subject to hydrolysis) is 1. The lowest BCUT2D eigenvalue weighted by molar-refractivity contribution is -0.383. The van der Waals surface area contributed by atoms with Crippen LogP contribution in [0.1, 0.15) is 52.9 Å². The average Bonchev–Trinajstić information content (AvgIpc) is 2.58. The monoisotopic (exact) mass is 375 g/mol. The lowest BCUT2D eigenvalue weighted by Crippen LogP contribution is -2.54. The first-order valence-corrected chi connectivity index (χ1v) is 8.95. The standard InChI is InChI=1S/C19H25N3O5/c1-18(2,3)27-17(23)21-19(11-6-5-7-12-19)13-26-15-10-8-9-14(22(24)25)16(15)20-4/h8-10H,5-7,11-13H2,1-3H3,(H,21,23). The molecule has 0 aromatic heterocycles. The Balaban J connectivity index is 2.18. The molecule has 27 heavy (non-hydrogen) atoms. The number of carbonyl (C=O) groups is 1. The summed E-state index contributed by atoms with van der Waals surface area (Å²) in [5, 5.41) is 14.0. The molecule has 0 atom stereocenters. The first-order valence-electron chi connectivity index (χ1n) is 8.95. The molecule has 0 aliphatic heterocycles. The molecule has 0 radical (unpaired) electrons. The maximum Gasteiger partial charge on any atom is 0.408 e. The number of nitrogens with zero attached hydrogens (tertiary/aromatic N) is 2. The zero-order chi connectivity index (χ0) is 20.1. The summed E-state index contributed by atoms with van der Waals surface area (Å²) in [6, 6.07) is 4.29. The minimum absolute atomic E-state index is 0.121. The third-order valence-corrected chi connectivity index (χ3v) is 4.37.